The molecule has 6 nitrogen and oxygen atoms in total. The van der Waals surface area contributed by atoms with Gasteiger partial charge in [-0.05, 0) is 44.6 Å². The van der Waals surface area contributed by atoms with Crippen molar-refractivity contribution in [1.82, 2.24) is 9.97 Å². The second-order valence-electron chi connectivity index (χ2n) is 5.63. The lowest BCUT2D eigenvalue weighted by Crippen LogP contribution is -2.22. The quantitative estimate of drug-likeness (QED) is 0.788. The minimum Gasteiger partial charge on any atom is -0.482 e. The topological polar surface area (TPSA) is 92.3 Å². The molecule has 6 heteroatoms. The second kappa shape index (κ2) is 8.10. The summed E-state index contributed by atoms with van der Waals surface area (Å²) in [5.74, 6) is -1.03. The Morgan fingerprint density at radius 3 is 2.64 bits per heavy atom. The van der Waals surface area contributed by atoms with Gasteiger partial charge in [0.15, 0.2) is 5.88 Å². The molecule has 130 valence electrons. The van der Waals surface area contributed by atoms with Crippen LogP contribution in [0.1, 0.15) is 41.2 Å². The molecule has 25 heavy (non-hydrogen) atoms. The molecule has 0 saturated carbocycles. The minimum absolute atomic E-state index is 0.168. The van der Waals surface area contributed by atoms with E-state index in [0.29, 0.717) is 12.1 Å². The van der Waals surface area contributed by atoms with Crippen LogP contribution in [0.25, 0.3) is 12.2 Å². The zero-order chi connectivity index (χ0) is 18.4. The zero-order valence-electron chi connectivity index (χ0n) is 14.4. The molecule has 0 unspecified atom stereocenters. The average Bonchev–Trinajstić information content (AvgIpc) is 2.58. The Bertz CT molecular complexity index is 876. The molecule has 0 bridgehead atoms. The van der Waals surface area contributed by atoms with Crippen LogP contribution >= 0.6 is 0 Å². The number of aromatic carboxylic acids is 1. The first kappa shape index (κ1) is 18.2. The van der Waals surface area contributed by atoms with E-state index in [1.165, 1.54) is 13.2 Å². The summed E-state index contributed by atoms with van der Waals surface area (Å²) in [5, 5.41) is 9.48. The monoisotopic (exact) mass is 340 g/mol. The fraction of sp³-hybridized carbons (Fsp3) is 0.211. The molecule has 0 aliphatic heterocycles. The normalized spacial score (nSPS) is 10.7. The number of aromatic amines is 1. The summed E-state index contributed by atoms with van der Waals surface area (Å²) in [5.41, 5.74) is 1.26. The Hall–Kier alpha value is -3.15. The van der Waals surface area contributed by atoms with Crippen molar-refractivity contribution in [3.63, 3.8) is 0 Å². The van der Waals surface area contributed by atoms with Gasteiger partial charge >= 0.3 is 5.97 Å². The lowest BCUT2D eigenvalue weighted by Gasteiger charge is -2.10. The van der Waals surface area contributed by atoms with Gasteiger partial charge in [-0.25, -0.2) is 4.79 Å². The Morgan fingerprint density at radius 2 is 2.08 bits per heavy atom. The molecule has 0 saturated heterocycles. The molecule has 0 atom stereocenters. The molecular formula is C19H20N2O4. The van der Waals surface area contributed by atoms with Crippen LogP contribution in [-0.4, -0.2) is 28.2 Å². The maximum atomic E-state index is 12.7. The number of nitrogens with one attached hydrogen (secondary N) is 1. The summed E-state index contributed by atoms with van der Waals surface area (Å²) in [4.78, 5) is 31.3. The van der Waals surface area contributed by atoms with Crippen molar-refractivity contribution >= 4 is 18.1 Å². The third-order valence-corrected chi connectivity index (χ3v) is 3.53. The molecule has 2 aromatic heterocycles. The first-order valence-corrected chi connectivity index (χ1v) is 7.73. The number of hydrogen-bond donors (Lipinski definition) is 2. The standard InChI is InChI=1S/C19H20N2O4/c1-12(2)7-9-14-17(22)16(19(23)24)15(21-18(14)25-3)10-8-13-6-4-5-11-20-13/h4-8,10-11H,9H2,1-3H3,(H,21,22)(H,23,24)/b10-8-. The van der Waals surface area contributed by atoms with Crippen molar-refractivity contribution in [2.24, 2.45) is 0 Å². The van der Waals surface area contributed by atoms with Crippen molar-refractivity contribution in [2.75, 3.05) is 7.11 Å². The molecule has 0 aromatic carbocycles. The zero-order valence-corrected chi connectivity index (χ0v) is 14.4. The molecule has 0 aliphatic carbocycles. The van der Waals surface area contributed by atoms with E-state index in [1.54, 1.807) is 24.4 Å². The van der Waals surface area contributed by atoms with Crippen LogP contribution < -0.4 is 10.2 Å². The first-order valence-electron chi connectivity index (χ1n) is 7.73. The third kappa shape index (κ3) is 4.44. The van der Waals surface area contributed by atoms with Crippen LogP contribution in [-0.2, 0) is 6.42 Å². The molecule has 0 fully saturated rings. The van der Waals surface area contributed by atoms with Crippen LogP contribution in [0.3, 0.4) is 0 Å². The van der Waals surface area contributed by atoms with E-state index in [0.717, 1.165) is 5.57 Å². The van der Waals surface area contributed by atoms with Crippen molar-refractivity contribution in [3.8, 4) is 5.88 Å². The van der Waals surface area contributed by atoms with Gasteiger partial charge in [-0.1, -0.05) is 17.7 Å². The number of H-pyrrole nitrogens is 1. The van der Waals surface area contributed by atoms with Gasteiger partial charge in [0.2, 0.25) is 5.43 Å². The van der Waals surface area contributed by atoms with E-state index in [2.05, 4.69) is 9.97 Å². The number of ether oxygens (including phenoxy) is 1. The number of carboxylic acids is 1. The van der Waals surface area contributed by atoms with Gasteiger partial charge in [-0.15, -0.1) is 0 Å². The van der Waals surface area contributed by atoms with Crippen LogP contribution in [0.2, 0.25) is 0 Å². The third-order valence-electron chi connectivity index (χ3n) is 3.53. The molecular weight excluding hydrogens is 320 g/mol. The second-order valence-corrected chi connectivity index (χ2v) is 5.63. The summed E-state index contributed by atoms with van der Waals surface area (Å²) in [6, 6.07) is 5.37. The highest BCUT2D eigenvalue weighted by atomic mass is 16.5. The summed E-state index contributed by atoms with van der Waals surface area (Å²) < 4.78 is 5.26. The number of rotatable bonds is 6. The van der Waals surface area contributed by atoms with Crippen molar-refractivity contribution in [2.45, 2.75) is 20.3 Å². The van der Waals surface area contributed by atoms with Gasteiger partial charge in [-0.3, -0.25) is 9.78 Å². The fourth-order valence-corrected chi connectivity index (χ4v) is 2.28. The molecule has 0 spiro atoms. The molecule has 2 rings (SSSR count). The number of aromatic nitrogens is 2. The first-order chi connectivity index (χ1) is 11.9. The highest BCUT2D eigenvalue weighted by molar-refractivity contribution is 5.92. The fourth-order valence-electron chi connectivity index (χ4n) is 2.28. The van der Waals surface area contributed by atoms with E-state index in [-0.39, 0.29) is 22.7 Å². The van der Waals surface area contributed by atoms with Gasteiger partial charge in [-0.2, -0.15) is 0 Å². The summed E-state index contributed by atoms with van der Waals surface area (Å²) >= 11 is 0. The van der Waals surface area contributed by atoms with Crippen LogP contribution in [0.4, 0.5) is 0 Å². The predicted molar refractivity (Wildman–Crippen MR) is 96.9 cm³/mol. The van der Waals surface area contributed by atoms with E-state index in [1.807, 2.05) is 26.0 Å². The van der Waals surface area contributed by atoms with Crippen LogP contribution in [0.15, 0.2) is 40.8 Å². The summed E-state index contributed by atoms with van der Waals surface area (Å²) in [7, 11) is 1.43. The lowest BCUT2D eigenvalue weighted by atomic mass is 10.0. The summed E-state index contributed by atoms with van der Waals surface area (Å²) in [6.45, 7) is 3.81. The molecule has 2 heterocycles. The number of carboxylic acid groups (broad SMARTS) is 1. The van der Waals surface area contributed by atoms with Gasteiger partial charge < -0.3 is 14.8 Å². The lowest BCUT2D eigenvalue weighted by molar-refractivity contribution is 0.0694. The Kier molecular flexibility index (Phi) is 5.89. The van der Waals surface area contributed by atoms with E-state index in [9.17, 15) is 14.7 Å². The number of pyridine rings is 2. The molecule has 0 radical (unpaired) electrons. The highest BCUT2D eigenvalue weighted by Crippen LogP contribution is 2.18. The van der Waals surface area contributed by atoms with Gasteiger partial charge in [0.25, 0.3) is 0 Å². The van der Waals surface area contributed by atoms with Crippen molar-refractivity contribution in [3.05, 3.63) is 68.8 Å². The van der Waals surface area contributed by atoms with Crippen LogP contribution in [0.5, 0.6) is 5.88 Å². The van der Waals surface area contributed by atoms with E-state index >= 15 is 0 Å². The Balaban J connectivity index is 2.58. The maximum Gasteiger partial charge on any atom is 0.341 e. The number of hydrogen-bond acceptors (Lipinski definition) is 4. The smallest absolute Gasteiger partial charge is 0.341 e. The predicted octanol–water partition coefficient (Wildman–Crippen LogP) is 3.16. The number of methoxy groups -OCH3 is 1. The van der Waals surface area contributed by atoms with Gasteiger partial charge in [0.05, 0.1) is 24.1 Å². The number of carbonyl (C=O) groups is 1. The Labute approximate surface area is 145 Å². The minimum atomic E-state index is -1.29. The number of allylic oxidation sites excluding steroid dienone is 2. The highest BCUT2D eigenvalue weighted by Gasteiger charge is 2.20. The maximum absolute atomic E-state index is 12.7. The average molecular weight is 340 g/mol. The summed E-state index contributed by atoms with van der Waals surface area (Å²) in [6.07, 6.45) is 6.92. The van der Waals surface area contributed by atoms with Gasteiger partial charge in [0, 0.05) is 6.20 Å². The van der Waals surface area contributed by atoms with E-state index < -0.39 is 11.4 Å². The Morgan fingerprint density at radius 1 is 1.32 bits per heavy atom. The van der Waals surface area contributed by atoms with Gasteiger partial charge in [0.1, 0.15) is 5.56 Å². The van der Waals surface area contributed by atoms with Crippen molar-refractivity contribution < 1.29 is 14.6 Å². The number of nitrogens with zero attached hydrogens (tertiary/aromatic N) is 1. The largest absolute Gasteiger partial charge is 0.482 e. The van der Waals surface area contributed by atoms with Crippen molar-refractivity contribution in [1.29, 1.82) is 0 Å². The van der Waals surface area contributed by atoms with E-state index in [4.69, 9.17) is 4.74 Å². The molecule has 0 aliphatic rings. The van der Waals surface area contributed by atoms with Crippen LogP contribution in [0, 0.1) is 0 Å². The molecule has 2 N–H and O–H groups in total. The molecule has 2 aromatic rings. The SMILES string of the molecule is COc1[nH]c(/C=C\c2ccccn2)c(C(=O)O)c(=O)c1CC=C(C)C. The molecule has 0 amide bonds.